The fourth-order valence-electron chi connectivity index (χ4n) is 2.93. The molecule has 0 saturated heterocycles. The first-order valence-electron chi connectivity index (χ1n) is 8.16. The van der Waals surface area contributed by atoms with Crippen LogP contribution < -0.4 is 0 Å². The van der Waals surface area contributed by atoms with Crippen LogP contribution >= 0.6 is 0 Å². The van der Waals surface area contributed by atoms with Crippen molar-refractivity contribution in [3.63, 3.8) is 0 Å². The van der Waals surface area contributed by atoms with Gasteiger partial charge in [0.2, 0.25) is 0 Å². The van der Waals surface area contributed by atoms with E-state index in [0.717, 1.165) is 55.3 Å². The quantitative estimate of drug-likeness (QED) is 0.697. The van der Waals surface area contributed by atoms with E-state index >= 15 is 0 Å². The molecule has 0 aliphatic heterocycles. The van der Waals surface area contributed by atoms with Crippen molar-refractivity contribution in [1.82, 2.24) is 34.3 Å². The Morgan fingerprint density at radius 3 is 2.70 bits per heavy atom. The normalized spacial score (nSPS) is 11.5. The maximum absolute atomic E-state index is 4.59. The second kappa shape index (κ2) is 6.44. The molecule has 7 nitrogen and oxygen atoms in total. The molecule has 23 heavy (non-hydrogen) atoms. The molecule has 122 valence electrons. The monoisotopic (exact) mass is 313 g/mol. The van der Waals surface area contributed by atoms with E-state index in [-0.39, 0.29) is 0 Å². The SMILES string of the molecule is CCCCn1nc(C)nc1CCc1c(C)nc2ncnn2c1C. The van der Waals surface area contributed by atoms with Gasteiger partial charge in [-0.05, 0) is 39.2 Å². The lowest BCUT2D eigenvalue weighted by Gasteiger charge is -2.10. The highest BCUT2D eigenvalue weighted by Crippen LogP contribution is 2.15. The third kappa shape index (κ3) is 3.09. The molecule has 0 radical (unpaired) electrons. The minimum absolute atomic E-state index is 0.658. The van der Waals surface area contributed by atoms with Crippen LogP contribution in [0.2, 0.25) is 0 Å². The molecule has 0 aliphatic carbocycles. The smallest absolute Gasteiger partial charge is 0.250 e. The Bertz CT molecular complexity index is 815. The van der Waals surface area contributed by atoms with Gasteiger partial charge >= 0.3 is 0 Å². The summed E-state index contributed by atoms with van der Waals surface area (Å²) in [6.45, 7) is 9.18. The summed E-state index contributed by atoms with van der Waals surface area (Å²) in [6, 6.07) is 0. The molecule has 0 aliphatic rings. The average molecular weight is 313 g/mol. The molecular formula is C16H23N7. The van der Waals surface area contributed by atoms with Crippen molar-refractivity contribution in [2.24, 2.45) is 0 Å². The van der Waals surface area contributed by atoms with Gasteiger partial charge < -0.3 is 0 Å². The van der Waals surface area contributed by atoms with Crippen LogP contribution in [0.3, 0.4) is 0 Å². The third-order valence-corrected chi connectivity index (χ3v) is 4.16. The number of nitrogens with zero attached hydrogens (tertiary/aromatic N) is 7. The first kappa shape index (κ1) is 15.6. The summed E-state index contributed by atoms with van der Waals surface area (Å²) < 4.78 is 3.85. The highest BCUT2D eigenvalue weighted by molar-refractivity contribution is 5.36. The van der Waals surface area contributed by atoms with E-state index in [1.807, 2.05) is 18.5 Å². The average Bonchev–Trinajstić information content (AvgIpc) is 3.11. The van der Waals surface area contributed by atoms with E-state index in [1.54, 1.807) is 10.8 Å². The predicted molar refractivity (Wildman–Crippen MR) is 87.3 cm³/mol. The van der Waals surface area contributed by atoms with E-state index in [9.17, 15) is 0 Å². The zero-order chi connectivity index (χ0) is 16.4. The first-order chi connectivity index (χ1) is 11.1. The van der Waals surface area contributed by atoms with Crippen molar-refractivity contribution in [3.05, 3.63) is 34.9 Å². The summed E-state index contributed by atoms with van der Waals surface area (Å²) in [5.41, 5.74) is 3.33. The molecule has 0 bridgehead atoms. The minimum atomic E-state index is 0.658. The van der Waals surface area contributed by atoms with Crippen LogP contribution in [-0.2, 0) is 19.4 Å². The molecule has 7 heteroatoms. The van der Waals surface area contributed by atoms with Crippen LogP contribution in [0.25, 0.3) is 5.78 Å². The predicted octanol–water partition coefficient (Wildman–Crippen LogP) is 2.23. The second-order valence-electron chi connectivity index (χ2n) is 5.88. The van der Waals surface area contributed by atoms with Gasteiger partial charge in [-0.3, -0.25) is 0 Å². The van der Waals surface area contributed by atoms with Crippen molar-refractivity contribution in [3.8, 4) is 0 Å². The maximum Gasteiger partial charge on any atom is 0.252 e. The molecule has 0 saturated carbocycles. The fraction of sp³-hybridized carbons (Fsp3) is 0.562. The van der Waals surface area contributed by atoms with Gasteiger partial charge in [0.05, 0.1) is 0 Å². The Kier molecular flexibility index (Phi) is 4.36. The van der Waals surface area contributed by atoms with E-state index in [2.05, 4.69) is 39.0 Å². The van der Waals surface area contributed by atoms with E-state index in [1.165, 1.54) is 5.56 Å². The van der Waals surface area contributed by atoms with Crippen LogP contribution in [0.1, 0.15) is 48.4 Å². The molecule has 0 fully saturated rings. The molecule has 0 unspecified atom stereocenters. The van der Waals surface area contributed by atoms with Crippen LogP contribution in [0.15, 0.2) is 6.33 Å². The van der Waals surface area contributed by atoms with E-state index in [4.69, 9.17) is 0 Å². The minimum Gasteiger partial charge on any atom is -0.250 e. The van der Waals surface area contributed by atoms with Crippen molar-refractivity contribution < 1.29 is 0 Å². The lowest BCUT2D eigenvalue weighted by Crippen LogP contribution is -2.10. The number of aromatic nitrogens is 7. The van der Waals surface area contributed by atoms with Gasteiger partial charge in [0.1, 0.15) is 18.0 Å². The molecule has 0 N–H and O–H groups in total. The first-order valence-corrected chi connectivity index (χ1v) is 8.16. The molecule has 3 rings (SSSR count). The van der Waals surface area contributed by atoms with Gasteiger partial charge in [0, 0.05) is 24.4 Å². The highest BCUT2D eigenvalue weighted by Gasteiger charge is 2.13. The summed E-state index contributed by atoms with van der Waals surface area (Å²) >= 11 is 0. The Labute approximate surface area is 135 Å². The van der Waals surface area contributed by atoms with Gasteiger partial charge in [-0.2, -0.15) is 15.2 Å². The van der Waals surface area contributed by atoms with Gasteiger partial charge in [-0.1, -0.05) is 13.3 Å². The largest absolute Gasteiger partial charge is 0.252 e. The zero-order valence-corrected chi connectivity index (χ0v) is 14.2. The second-order valence-corrected chi connectivity index (χ2v) is 5.88. The molecule has 0 aromatic carbocycles. The topological polar surface area (TPSA) is 73.8 Å². The summed E-state index contributed by atoms with van der Waals surface area (Å²) in [5, 5.41) is 8.76. The maximum atomic E-state index is 4.59. The van der Waals surface area contributed by atoms with Gasteiger partial charge in [-0.25, -0.2) is 19.2 Å². The Morgan fingerprint density at radius 1 is 1.09 bits per heavy atom. The molecule has 0 spiro atoms. The van der Waals surface area contributed by atoms with Gasteiger partial charge in [0.25, 0.3) is 5.78 Å². The van der Waals surface area contributed by atoms with Gasteiger partial charge in [-0.15, -0.1) is 0 Å². The molecule has 0 atom stereocenters. The van der Waals surface area contributed by atoms with Crippen molar-refractivity contribution in [1.29, 1.82) is 0 Å². The van der Waals surface area contributed by atoms with Crippen LogP contribution in [-0.4, -0.2) is 34.3 Å². The van der Waals surface area contributed by atoms with E-state index < -0.39 is 0 Å². The Morgan fingerprint density at radius 2 is 1.91 bits per heavy atom. The molecule has 3 aromatic rings. The van der Waals surface area contributed by atoms with E-state index in [0.29, 0.717) is 5.78 Å². The standard InChI is InChI=1S/C16H23N7/c1-5-6-9-22-15(20-13(4)21-22)8-7-14-11(2)19-16-17-10-18-23(16)12(14)3/h10H,5-9H2,1-4H3. The van der Waals surface area contributed by atoms with Crippen LogP contribution in [0.5, 0.6) is 0 Å². The van der Waals surface area contributed by atoms with Crippen LogP contribution in [0, 0.1) is 20.8 Å². The van der Waals surface area contributed by atoms with Crippen molar-refractivity contribution >= 4 is 5.78 Å². The number of hydrogen-bond donors (Lipinski definition) is 0. The number of rotatable bonds is 6. The van der Waals surface area contributed by atoms with Gasteiger partial charge in [0.15, 0.2) is 0 Å². The molecule has 3 aromatic heterocycles. The summed E-state index contributed by atoms with van der Waals surface area (Å²) in [6.07, 6.45) is 5.56. The summed E-state index contributed by atoms with van der Waals surface area (Å²) in [7, 11) is 0. The number of aryl methyl sites for hydroxylation is 5. The van der Waals surface area contributed by atoms with Crippen molar-refractivity contribution in [2.75, 3.05) is 0 Å². The molecular weight excluding hydrogens is 290 g/mol. The Balaban J connectivity index is 1.83. The molecule has 0 amide bonds. The zero-order valence-electron chi connectivity index (χ0n) is 14.2. The van der Waals surface area contributed by atoms with Crippen molar-refractivity contribution in [2.45, 2.75) is 59.9 Å². The Hall–Kier alpha value is -2.31. The summed E-state index contributed by atoms with van der Waals surface area (Å²) in [4.78, 5) is 13.3. The lowest BCUT2D eigenvalue weighted by atomic mass is 10.1. The number of hydrogen-bond acceptors (Lipinski definition) is 5. The molecule has 3 heterocycles. The third-order valence-electron chi connectivity index (χ3n) is 4.16. The van der Waals surface area contributed by atoms with Crippen LogP contribution in [0.4, 0.5) is 0 Å². The fourth-order valence-corrected chi connectivity index (χ4v) is 2.93. The summed E-state index contributed by atoms with van der Waals surface area (Å²) in [5.74, 6) is 2.55. The number of fused-ring (bicyclic) bond motifs is 1. The number of unbranched alkanes of at least 4 members (excludes halogenated alkanes) is 1. The highest BCUT2D eigenvalue weighted by atomic mass is 15.3. The lowest BCUT2D eigenvalue weighted by molar-refractivity contribution is 0.540.